The number of nitrogens with zero attached hydrogens (tertiary/aromatic N) is 6. The molecule has 4 heterocycles. The minimum Gasteiger partial charge on any atom is -0.492 e. The lowest BCUT2D eigenvalue weighted by molar-refractivity contribution is 0.102. The summed E-state index contributed by atoms with van der Waals surface area (Å²) < 4.78 is 66.6. The number of anilines is 4. The van der Waals surface area contributed by atoms with Crippen molar-refractivity contribution in [1.82, 2.24) is 24.3 Å². The van der Waals surface area contributed by atoms with Gasteiger partial charge < -0.3 is 25.0 Å². The smallest absolute Gasteiger partial charge is 0.259 e. The molecule has 3 aromatic heterocycles. The number of aryl methyl sites for hydroxylation is 1. The number of halogens is 2. The molecule has 59 heavy (non-hydrogen) atoms. The number of rotatable bonds is 14. The van der Waals surface area contributed by atoms with E-state index >= 15 is 0 Å². The van der Waals surface area contributed by atoms with E-state index in [0.29, 0.717) is 58.8 Å². The van der Waals surface area contributed by atoms with Crippen molar-refractivity contribution in [2.24, 2.45) is 0 Å². The molecule has 1 aliphatic heterocycles. The number of nitrogens with one attached hydrogen (secondary N) is 2. The van der Waals surface area contributed by atoms with Crippen LogP contribution in [0.5, 0.6) is 11.5 Å². The molecule has 0 spiro atoms. The molecule has 308 valence electrons. The Morgan fingerprint density at radius 2 is 1.69 bits per heavy atom. The van der Waals surface area contributed by atoms with E-state index < -0.39 is 33.1 Å². The molecule has 0 atom stereocenters. The molecule has 0 aliphatic carbocycles. The van der Waals surface area contributed by atoms with Gasteiger partial charge in [0, 0.05) is 68.7 Å². The largest absolute Gasteiger partial charge is 0.492 e. The minimum absolute atomic E-state index is 0.0583. The van der Waals surface area contributed by atoms with Gasteiger partial charge in [-0.15, -0.1) is 0 Å². The van der Waals surface area contributed by atoms with E-state index in [2.05, 4.69) is 25.4 Å². The molecule has 1 saturated heterocycles. The quantitative estimate of drug-likeness (QED) is 0.114. The standard InChI is InChI=1S/C43H46F2N8O5S/c1-6-57-37-26-35(52-20-18-51(19-21-52)22-23-59(5,55)56)28(4)24-34(37)48-43-46-16-15-33(47-43)41-39(49-38-12-7-8-17-53(38)41)29-13-14-36(58-27(2)3)30(25-29)42(54)50-40-31(44)10-9-11-32(40)45/h7-17,24-27H,6,18-23H2,1-5H3,(H,50,54)(H,46,47,48). The molecule has 1 aliphatic rings. The maximum Gasteiger partial charge on any atom is 0.259 e. The predicted molar refractivity (Wildman–Crippen MR) is 226 cm³/mol. The van der Waals surface area contributed by atoms with Crippen molar-refractivity contribution < 1.29 is 31.5 Å². The molecule has 3 aromatic carbocycles. The normalized spacial score (nSPS) is 13.5. The van der Waals surface area contributed by atoms with E-state index in [1.165, 1.54) is 12.3 Å². The summed E-state index contributed by atoms with van der Waals surface area (Å²) in [5.74, 6) is -1.27. The first-order chi connectivity index (χ1) is 28.3. The van der Waals surface area contributed by atoms with Crippen LogP contribution in [0.15, 0.2) is 85.2 Å². The van der Waals surface area contributed by atoms with Gasteiger partial charge in [-0.3, -0.25) is 14.1 Å². The molecule has 16 heteroatoms. The highest BCUT2D eigenvalue weighted by atomic mass is 32.2. The van der Waals surface area contributed by atoms with Crippen LogP contribution in [0.4, 0.5) is 31.8 Å². The maximum absolute atomic E-state index is 14.6. The van der Waals surface area contributed by atoms with Crippen LogP contribution in [0.25, 0.3) is 28.3 Å². The van der Waals surface area contributed by atoms with E-state index in [-0.39, 0.29) is 23.2 Å². The van der Waals surface area contributed by atoms with Crippen LogP contribution in [0.3, 0.4) is 0 Å². The Hall–Kier alpha value is -6.13. The summed E-state index contributed by atoms with van der Waals surface area (Å²) in [6.45, 7) is 11.5. The Labute approximate surface area is 342 Å². The average Bonchev–Trinajstić information content (AvgIpc) is 3.59. The Kier molecular flexibility index (Phi) is 12.1. The number of benzene rings is 3. The fourth-order valence-corrected chi connectivity index (χ4v) is 7.61. The number of carbonyl (C=O) groups excluding carboxylic acids is 1. The van der Waals surface area contributed by atoms with Gasteiger partial charge in [-0.2, -0.15) is 0 Å². The van der Waals surface area contributed by atoms with Crippen molar-refractivity contribution in [2.45, 2.75) is 33.8 Å². The lowest BCUT2D eigenvalue weighted by Crippen LogP contribution is -2.47. The first-order valence-corrected chi connectivity index (χ1v) is 21.4. The van der Waals surface area contributed by atoms with E-state index in [9.17, 15) is 22.0 Å². The van der Waals surface area contributed by atoms with Gasteiger partial charge in [-0.05, 0) is 87.9 Å². The number of sulfone groups is 1. The number of pyridine rings is 1. The summed E-state index contributed by atoms with van der Waals surface area (Å²) in [5.41, 5.74) is 5.01. The van der Waals surface area contributed by atoms with Crippen molar-refractivity contribution in [1.29, 1.82) is 0 Å². The van der Waals surface area contributed by atoms with Crippen molar-refractivity contribution in [3.63, 3.8) is 0 Å². The van der Waals surface area contributed by atoms with Crippen LogP contribution >= 0.6 is 0 Å². The number of para-hydroxylation sites is 1. The highest BCUT2D eigenvalue weighted by Gasteiger charge is 2.24. The van der Waals surface area contributed by atoms with Crippen LogP contribution in [-0.2, 0) is 9.84 Å². The predicted octanol–water partition coefficient (Wildman–Crippen LogP) is 7.39. The second kappa shape index (κ2) is 17.4. The summed E-state index contributed by atoms with van der Waals surface area (Å²) in [6.07, 6.45) is 4.47. The van der Waals surface area contributed by atoms with Gasteiger partial charge in [-0.25, -0.2) is 32.2 Å². The zero-order valence-corrected chi connectivity index (χ0v) is 34.3. The van der Waals surface area contributed by atoms with Crippen LogP contribution in [0, 0.1) is 18.6 Å². The Morgan fingerprint density at radius 3 is 2.41 bits per heavy atom. The van der Waals surface area contributed by atoms with Crippen LogP contribution in [-0.4, -0.2) is 96.0 Å². The fraction of sp³-hybridized carbons (Fsp3) is 0.302. The maximum atomic E-state index is 14.6. The third-order valence-electron chi connectivity index (χ3n) is 9.83. The molecule has 6 aromatic rings. The summed E-state index contributed by atoms with van der Waals surface area (Å²) in [5, 5.41) is 5.75. The van der Waals surface area contributed by atoms with Crippen molar-refractivity contribution in [3.8, 4) is 34.1 Å². The van der Waals surface area contributed by atoms with Crippen molar-refractivity contribution >= 4 is 44.4 Å². The van der Waals surface area contributed by atoms with Crippen LogP contribution in [0.2, 0.25) is 0 Å². The highest BCUT2D eigenvalue weighted by molar-refractivity contribution is 7.90. The van der Waals surface area contributed by atoms with Gasteiger partial charge in [0.05, 0.1) is 46.8 Å². The summed E-state index contributed by atoms with van der Waals surface area (Å²) in [7, 11) is -3.03. The number of carbonyl (C=O) groups is 1. The molecule has 7 rings (SSSR count). The van der Waals surface area contributed by atoms with Gasteiger partial charge >= 0.3 is 0 Å². The molecule has 0 saturated carbocycles. The fourth-order valence-electron chi connectivity index (χ4n) is 7.02. The molecule has 0 radical (unpaired) electrons. The van der Waals surface area contributed by atoms with Gasteiger partial charge in [0.2, 0.25) is 5.95 Å². The van der Waals surface area contributed by atoms with E-state index in [1.807, 2.05) is 68.6 Å². The lowest BCUT2D eigenvalue weighted by Gasteiger charge is -2.37. The number of aromatic nitrogens is 4. The lowest BCUT2D eigenvalue weighted by atomic mass is 10.0. The first kappa shape index (κ1) is 41.0. The Morgan fingerprint density at radius 1 is 0.932 bits per heavy atom. The number of fused-ring (bicyclic) bond motifs is 1. The topological polar surface area (TPSA) is 143 Å². The minimum atomic E-state index is -3.03. The summed E-state index contributed by atoms with van der Waals surface area (Å²) in [6, 6.07) is 19.7. The molecule has 0 bridgehead atoms. The molecular weight excluding hydrogens is 779 g/mol. The van der Waals surface area contributed by atoms with Gasteiger partial charge in [0.1, 0.15) is 44.3 Å². The molecule has 0 unspecified atom stereocenters. The molecule has 2 N–H and O–H groups in total. The number of hydrogen-bond donors (Lipinski definition) is 2. The zero-order valence-electron chi connectivity index (χ0n) is 33.5. The van der Waals surface area contributed by atoms with Crippen molar-refractivity contribution in [2.75, 3.05) is 66.9 Å². The van der Waals surface area contributed by atoms with E-state index in [1.54, 1.807) is 30.5 Å². The first-order valence-electron chi connectivity index (χ1n) is 19.3. The van der Waals surface area contributed by atoms with Gasteiger partial charge in [0.15, 0.2) is 0 Å². The van der Waals surface area contributed by atoms with Gasteiger partial charge in [0.25, 0.3) is 5.91 Å². The Bertz CT molecular complexity index is 2590. The number of piperazine rings is 1. The summed E-state index contributed by atoms with van der Waals surface area (Å²) in [4.78, 5) is 32.6. The molecule has 1 amide bonds. The highest BCUT2D eigenvalue weighted by Crippen LogP contribution is 2.38. The molecular formula is C43H46F2N8O5S. The van der Waals surface area contributed by atoms with Crippen LogP contribution < -0.4 is 25.0 Å². The van der Waals surface area contributed by atoms with E-state index in [4.69, 9.17) is 19.4 Å². The second-order valence-electron chi connectivity index (χ2n) is 14.6. The average molecular weight is 825 g/mol. The third kappa shape index (κ3) is 9.44. The summed E-state index contributed by atoms with van der Waals surface area (Å²) >= 11 is 0. The third-order valence-corrected chi connectivity index (χ3v) is 10.7. The van der Waals surface area contributed by atoms with Crippen LogP contribution in [0.1, 0.15) is 36.7 Å². The second-order valence-corrected chi connectivity index (χ2v) is 16.8. The van der Waals surface area contributed by atoms with E-state index in [0.717, 1.165) is 49.6 Å². The Balaban J connectivity index is 1.21. The zero-order chi connectivity index (χ0) is 41.8. The number of amides is 1. The van der Waals surface area contributed by atoms with Gasteiger partial charge in [-0.1, -0.05) is 12.1 Å². The molecule has 1 fully saturated rings. The number of hydrogen-bond acceptors (Lipinski definition) is 11. The molecule has 13 nitrogen and oxygen atoms in total. The number of imidazole rings is 1. The SMILES string of the molecule is CCOc1cc(N2CCN(CCS(C)(=O)=O)CC2)c(C)cc1Nc1nccc(-c2c(-c3ccc(OC(C)C)c(C(=O)Nc4c(F)cccc4F)c3)nc3ccccn23)n1. The van der Waals surface area contributed by atoms with Crippen molar-refractivity contribution in [3.05, 3.63) is 108 Å². The monoisotopic (exact) mass is 824 g/mol. The number of ether oxygens (including phenoxy) is 2.